The van der Waals surface area contributed by atoms with Gasteiger partial charge in [0.15, 0.2) is 0 Å². The molecule has 0 saturated heterocycles. The van der Waals surface area contributed by atoms with Crippen molar-refractivity contribution in [3.63, 3.8) is 0 Å². The van der Waals surface area contributed by atoms with Crippen LogP contribution in [-0.4, -0.2) is 22.7 Å². The Hall–Kier alpha value is -1.97. The maximum absolute atomic E-state index is 10.9. The van der Waals surface area contributed by atoms with E-state index in [1.165, 1.54) is 0 Å². The van der Waals surface area contributed by atoms with Gasteiger partial charge in [-0.05, 0) is 31.0 Å². The van der Waals surface area contributed by atoms with Crippen molar-refractivity contribution in [3.05, 3.63) is 29.5 Å². The molecule has 16 heavy (non-hydrogen) atoms. The van der Waals surface area contributed by atoms with Gasteiger partial charge in [0.05, 0.1) is 12.1 Å². The van der Waals surface area contributed by atoms with Crippen molar-refractivity contribution in [2.24, 2.45) is 0 Å². The van der Waals surface area contributed by atoms with Crippen LogP contribution in [0.1, 0.15) is 22.5 Å². The average molecular weight is 217 g/mol. The van der Waals surface area contributed by atoms with Gasteiger partial charge in [0, 0.05) is 10.9 Å². The van der Waals surface area contributed by atoms with Crippen molar-refractivity contribution >= 4 is 16.9 Å². The van der Waals surface area contributed by atoms with Gasteiger partial charge in [-0.3, -0.25) is 0 Å². The number of aromatic carboxylic acids is 1. The summed E-state index contributed by atoms with van der Waals surface area (Å²) in [5.41, 5.74) is 2.22. The van der Waals surface area contributed by atoms with E-state index in [2.05, 4.69) is 4.98 Å². The molecule has 0 unspecified atom stereocenters. The number of carboxylic acid groups (broad SMARTS) is 1. The molecule has 4 heteroatoms. The number of benzene rings is 1. The normalized spacial score (nSPS) is 14.5. The van der Waals surface area contributed by atoms with Crippen molar-refractivity contribution in [1.82, 2.24) is 4.98 Å². The fraction of sp³-hybridized carbons (Fsp3) is 0.250. The second-order valence-electron chi connectivity index (χ2n) is 3.95. The van der Waals surface area contributed by atoms with Crippen LogP contribution in [0, 0.1) is 0 Å². The molecular weight excluding hydrogens is 206 g/mol. The number of H-pyrrole nitrogens is 1. The first-order valence-electron chi connectivity index (χ1n) is 5.26. The van der Waals surface area contributed by atoms with E-state index in [-0.39, 0.29) is 5.69 Å². The fourth-order valence-corrected chi connectivity index (χ4v) is 2.17. The number of rotatable bonds is 1. The summed E-state index contributed by atoms with van der Waals surface area (Å²) in [7, 11) is 0. The number of aromatic nitrogens is 1. The summed E-state index contributed by atoms with van der Waals surface area (Å²) in [6.07, 6.45) is 1.92. The standard InChI is InChI=1S/C12H11NO3/c14-12(15)9-6-7-3-4-10-8(11(7)13-9)2-1-5-16-10/h3-4,6,13H,1-2,5H2,(H,14,15). The Balaban J connectivity index is 2.26. The number of hydrogen-bond acceptors (Lipinski definition) is 2. The third-order valence-corrected chi connectivity index (χ3v) is 2.92. The largest absolute Gasteiger partial charge is 0.493 e. The van der Waals surface area contributed by atoms with Gasteiger partial charge in [-0.25, -0.2) is 4.79 Å². The highest BCUT2D eigenvalue weighted by Gasteiger charge is 2.16. The molecular formula is C12H11NO3. The van der Waals surface area contributed by atoms with E-state index in [4.69, 9.17) is 9.84 Å². The molecule has 1 aromatic carbocycles. The lowest BCUT2D eigenvalue weighted by Crippen LogP contribution is -2.08. The average Bonchev–Trinajstić information content (AvgIpc) is 2.73. The molecule has 4 nitrogen and oxygen atoms in total. The van der Waals surface area contributed by atoms with Crippen molar-refractivity contribution in [2.75, 3.05) is 6.61 Å². The van der Waals surface area contributed by atoms with Crippen LogP contribution in [0.5, 0.6) is 5.75 Å². The Morgan fingerprint density at radius 3 is 3.12 bits per heavy atom. The summed E-state index contributed by atoms with van der Waals surface area (Å²) >= 11 is 0. The van der Waals surface area contributed by atoms with Crippen LogP contribution in [0.4, 0.5) is 0 Å². The molecule has 1 aliphatic rings. The van der Waals surface area contributed by atoms with Crippen LogP contribution in [0.15, 0.2) is 18.2 Å². The zero-order valence-electron chi connectivity index (χ0n) is 8.62. The van der Waals surface area contributed by atoms with Crippen molar-refractivity contribution in [2.45, 2.75) is 12.8 Å². The highest BCUT2D eigenvalue weighted by Crippen LogP contribution is 2.31. The molecule has 2 aromatic rings. The summed E-state index contributed by atoms with van der Waals surface area (Å²) < 4.78 is 5.53. The number of aromatic amines is 1. The molecule has 0 radical (unpaired) electrons. The van der Waals surface area contributed by atoms with Gasteiger partial charge in [-0.1, -0.05) is 0 Å². The number of nitrogens with one attached hydrogen (secondary N) is 1. The molecule has 0 bridgehead atoms. The van der Waals surface area contributed by atoms with Crippen LogP contribution in [0.3, 0.4) is 0 Å². The maximum Gasteiger partial charge on any atom is 0.352 e. The number of carbonyl (C=O) groups is 1. The Morgan fingerprint density at radius 1 is 1.44 bits per heavy atom. The highest BCUT2D eigenvalue weighted by molar-refractivity contribution is 5.95. The van der Waals surface area contributed by atoms with Gasteiger partial charge in [-0.15, -0.1) is 0 Å². The molecule has 0 saturated carbocycles. The second kappa shape index (κ2) is 3.27. The number of aryl methyl sites for hydroxylation is 1. The molecule has 82 valence electrons. The van der Waals surface area contributed by atoms with Crippen LogP contribution < -0.4 is 4.74 Å². The van der Waals surface area contributed by atoms with E-state index in [1.54, 1.807) is 6.07 Å². The van der Waals surface area contributed by atoms with Gasteiger partial charge in [0.2, 0.25) is 0 Å². The zero-order valence-corrected chi connectivity index (χ0v) is 8.62. The van der Waals surface area contributed by atoms with Gasteiger partial charge in [-0.2, -0.15) is 0 Å². The van der Waals surface area contributed by atoms with E-state index >= 15 is 0 Å². The van der Waals surface area contributed by atoms with Gasteiger partial charge >= 0.3 is 5.97 Å². The topological polar surface area (TPSA) is 62.3 Å². The number of ether oxygens (including phenoxy) is 1. The Kier molecular flexibility index (Phi) is 1.89. The second-order valence-corrected chi connectivity index (χ2v) is 3.95. The third-order valence-electron chi connectivity index (χ3n) is 2.92. The highest BCUT2D eigenvalue weighted by atomic mass is 16.5. The first-order chi connectivity index (χ1) is 7.75. The zero-order chi connectivity index (χ0) is 11.1. The molecule has 1 aromatic heterocycles. The molecule has 0 amide bonds. The molecule has 0 fully saturated rings. The summed E-state index contributed by atoms with van der Waals surface area (Å²) in [5.74, 6) is -0.0563. The lowest BCUT2D eigenvalue weighted by atomic mass is 10.0. The maximum atomic E-state index is 10.9. The first kappa shape index (κ1) is 9.27. The van der Waals surface area contributed by atoms with Crippen LogP contribution in [0.25, 0.3) is 10.9 Å². The van der Waals surface area contributed by atoms with Crippen molar-refractivity contribution in [1.29, 1.82) is 0 Å². The number of fused-ring (bicyclic) bond motifs is 3. The summed E-state index contributed by atoms with van der Waals surface area (Å²) in [6.45, 7) is 0.741. The van der Waals surface area contributed by atoms with Crippen LogP contribution in [-0.2, 0) is 6.42 Å². The Labute approximate surface area is 91.8 Å². The predicted octanol–water partition coefficient (Wildman–Crippen LogP) is 2.19. The minimum Gasteiger partial charge on any atom is -0.493 e. The summed E-state index contributed by atoms with van der Waals surface area (Å²) in [6, 6.07) is 5.46. The Bertz CT molecular complexity index is 571. The van der Waals surface area contributed by atoms with E-state index in [0.717, 1.165) is 41.7 Å². The first-order valence-corrected chi connectivity index (χ1v) is 5.26. The van der Waals surface area contributed by atoms with Gasteiger partial charge in [0.25, 0.3) is 0 Å². The van der Waals surface area contributed by atoms with E-state index < -0.39 is 5.97 Å². The van der Waals surface area contributed by atoms with Gasteiger partial charge < -0.3 is 14.8 Å². The molecule has 0 spiro atoms. The van der Waals surface area contributed by atoms with E-state index in [0.29, 0.717) is 0 Å². The van der Waals surface area contributed by atoms with Crippen LogP contribution >= 0.6 is 0 Å². The Morgan fingerprint density at radius 2 is 2.31 bits per heavy atom. The molecule has 1 aliphatic heterocycles. The van der Waals surface area contributed by atoms with Crippen molar-refractivity contribution < 1.29 is 14.6 Å². The molecule has 0 atom stereocenters. The molecule has 2 N–H and O–H groups in total. The summed E-state index contributed by atoms with van der Waals surface area (Å²) in [4.78, 5) is 13.8. The van der Waals surface area contributed by atoms with Gasteiger partial charge in [0.1, 0.15) is 11.4 Å². The number of hydrogen-bond donors (Lipinski definition) is 2. The number of carboxylic acids is 1. The monoisotopic (exact) mass is 217 g/mol. The smallest absolute Gasteiger partial charge is 0.352 e. The van der Waals surface area contributed by atoms with Crippen LogP contribution in [0.2, 0.25) is 0 Å². The third kappa shape index (κ3) is 1.26. The summed E-state index contributed by atoms with van der Waals surface area (Å²) in [5, 5.41) is 9.86. The van der Waals surface area contributed by atoms with Crippen molar-refractivity contribution in [3.8, 4) is 5.75 Å². The quantitative estimate of drug-likeness (QED) is 0.769. The predicted molar refractivity (Wildman–Crippen MR) is 59.1 cm³/mol. The minimum absolute atomic E-state index is 0.231. The van der Waals surface area contributed by atoms with E-state index in [9.17, 15) is 4.79 Å². The lowest BCUT2D eigenvalue weighted by Gasteiger charge is -2.17. The lowest BCUT2D eigenvalue weighted by molar-refractivity contribution is 0.0691. The minimum atomic E-state index is -0.929. The molecule has 3 rings (SSSR count). The fourth-order valence-electron chi connectivity index (χ4n) is 2.17. The molecule has 0 aliphatic carbocycles. The molecule has 2 heterocycles. The SMILES string of the molecule is O=C(O)c1cc2ccc3c(c2[nH]1)CCCO3. The van der Waals surface area contributed by atoms with E-state index in [1.807, 2.05) is 12.1 Å².